The van der Waals surface area contributed by atoms with Crippen LogP contribution in [0.3, 0.4) is 0 Å². The molecule has 2 N–H and O–H groups in total. The predicted octanol–water partition coefficient (Wildman–Crippen LogP) is 3.03. The normalized spacial score (nSPS) is 16.9. The van der Waals surface area contributed by atoms with Gasteiger partial charge in [-0.05, 0) is 24.6 Å². The highest BCUT2D eigenvalue weighted by molar-refractivity contribution is 5.92. The monoisotopic (exact) mass is 412 g/mol. The minimum atomic E-state index is -4.48. The van der Waals surface area contributed by atoms with Crippen molar-refractivity contribution in [1.29, 1.82) is 5.26 Å². The SMILES string of the molecule is COC(=O)C1=C(C)OC(N)=C(C#N)[C@H]1c1ccc(OC)c(COCC(F)(F)F)c1. The number of carbonyl (C=O) groups is 1. The third kappa shape index (κ3) is 5.00. The summed E-state index contributed by atoms with van der Waals surface area (Å²) in [5.74, 6) is -1.37. The minimum Gasteiger partial charge on any atom is -0.496 e. The number of hydrogen-bond acceptors (Lipinski definition) is 7. The fourth-order valence-electron chi connectivity index (χ4n) is 2.96. The number of benzene rings is 1. The zero-order valence-corrected chi connectivity index (χ0v) is 15.9. The van der Waals surface area contributed by atoms with Gasteiger partial charge >= 0.3 is 12.1 Å². The summed E-state index contributed by atoms with van der Waals surface area (Å²) in [6.07, 6.45) is -4.48. The molecule has 1 aliphatic rings. The van der Waals surface area contributed by atoms with E-state index in [4.69, 9.17) is 24.7 Å². The van der Waals surface area contributed by atoms with Gasteiger partial charge in [-0.2, -0.15) is 18.4 Å². The molecule has 2 rings (SSSR count). The van der Waals surface area contributed by atoms with Crippen molar-refractivity contribution in [2.75, 3.05) is 20.8 Å². The van der Waals surface area contributed by atoms with Crippen LogP contribution in [0.1, 0.15) is 24.0 Å². The Kier molecular flexibility index (Phi) is 6.76. The molecule has 0 aliphatic carbocycles. The van der Waals surface area contributed by atoms with Gasteiger partial charge in [0.1, 0.15) is 29.8 Å². The Bertz CT molecular complexity index is 900. The van der Waals surface area contributed by atoms with Gasteiger partial charge in [0.2, 0.25) is 5.88 Å². The van der Waals surface area contributed by atoms with Gasteiger partial charge in [-0.3, -0.25) is 0 Å². The molecule has 1 aromatic rings. The van der Waals surface area contributed by atoms with Crippen LogP contribution in [0.5, 0.6) is 5.75 Å². The summed E-state index contributed by atoms with van der Waals surface area (Å²) in [6.45, 7) is -0.325. The quantitative estimate of drug-likeness (QED) is 0.716. The molecule has 7 nitrogen and oxygen atoms in total. The van der Waals surface area contributed by atoms with E-state index >= 15 is 0 Å². The Morgan fingerprint density at radius 1 is 1.34 bits per heavy atom. The number of alkyl halides is 3. The molecular weight excluding hydrogens is 393 g/mol. The number of allylic oxidation sites excluding steroid dienone is 2. The first-order valence-electron chi connectivity index (χ1n) is 8.30. The van der Waals surface area contributed by atoms with Crippen LogP contribution in [0.15, 0.2) is 41.0 Å². The Labute approximate surface area is 165 Å². The Balaban J connectivity index is 2.51. The molecule has 0 spiro atoms. The van der Waals surface area contributed by atoms with Crippen molar-refractivity contribution in [3.63, 3.8) is 0 Å². The molecule has 1 aromatic carbocycles. The van der Waals surface area contributed by atoms with E-state index in [9.17, 15) is 23.2 Å². The van der Waals surface area contributed by atoms with Crippen molar-refractivity contribution in [2.45, 2.75) is 25.6 Å². The molecule has 0 saturated heterocycles. The van der Waals surface area contributed by atoms with Crippen LogP contribution in [0, 0.1) is 11.3 Å². The molecule has 0 saturated carbocycles. The second-order valence-electron chi connectivity index (χ2n) is 6.07. The Hall–Kier alpha value is -3.19. The van der Waals surface area contributed by atoms with Crippen LogP contribution in [-0.2, 0) is 25.6 Å². The lowest BCUT2D eigenvalue weighted by atomic mass is 9.82. The van der Waals surface area contributed by atoms with Crippen LogP contribution in [0.25, 0.3) is 0 Å². The van der Waals surface area contributed by atoms with Crippen LogP contribution < -0.4 is 10.5 Å². The third-order valence-electron chi connectivity index (χ3n) is 4.17. The van der Waals surface area contributed by atoms with Gasteiger partial charge < -0.3 is 24.7 Å². The lowest BCUT2D eigenvalue weighted by Crippen LogP contribution is -2.25. The average molecular weight is 412 g/mol. The van der Waals surface area contributed by atoms with Crippen LogP contribution in [0.4, 0.5) is 13.2 Å². The summed E-state index contributed by atoms with van der Waals surface area (Å²) in [6, 6.07) is 6.49. The summed E-state index contributed by atoms with van der Waals surface area (Å²) in [7, 11) is 2.54. The van der Waals surface area contributed by atoms with Gasteiger partial charge in [0.15, 0.2) is 0 Å². The summed E-state index contributed by atoms with van der Waals surface area (Å²) in [5, 5.41) is 9.54. The second kappa shape index (κ2) is 8.87. The van der Waals surface area contributed by atoms with Crippen molar-refractivity contribution >= 4 is 5.97 Å². The number of ether oxygens (including phenoxy) is 4. The summed E-state index contributed by atoms with van der Waals surface area (Å²) < 4.78 is 57.2. The maximum absolute atomic E-state index is 12.4. The highest BCUT2D eigenvalue weighted by Gasteiger charge is 2.36. The van der Waals surface area contributed by atoms with E-state index in [1.54, 1.807) is 6.07 Å². The number of nitrogens with zero attached hydrogens (tertiary/aromatic N) is 1. The average Bonchev–Trinajstić information content (AvgIpc) is 2.65. The van der Waals surface area contributed by atoms with Crippen LogP contribution in [0.2, 0.25) is 0 Å². The molecule has 1 aliphatic heterocycles. The first-order chi connectivity index (χ1) is 13.6. The summed E-state index contributed by atoms with van der Waals surface area (Å²) in [5.41, 5.74) is 6.56. The zero-order valence-electron chi connectivity index (χ0n) is 15.9. The number of hydrogen-bond donors (Lipinski definition) is 1. The van der Waals surface area contributed by atoms with Gasteiger partial charge in [-0.25, -0.2) is 4.79 Å². The van der Waals surface area contributed by atoms with Crippen molar-refractivity contribution < 1.29 is 36.9 Å². The van der Waals surface area contributed by atoms with Gasteiger partial charge in [0, 0.05) is 5.56 Å². The molecular formula is C19H19F3N2O5. The number of methoxy groups -OCH3 is 2. The van der Waals surface area contributed by atoms with Gasteiger partial charge in [-0.15, -0.1) is 0 Å². The van der Waals surface area contributed by atoms with Crippen LogP contribution in [-0.4, -0.2) is 33.0 Å². The van der Waals surface area contributed by atoms with E-state index in [1.165, 1.54) is 33.3 Å². The fourth-order valence-corrected chi connectivity index (χ4v) is 2.96. The molecule has 10 heteroatoms. The number of rotatable bonds is 6. The third-order valence-corrected chi connectivity index (χ3v) is 4.17. The molecule has 0 fully saturated rings. The standard InChI is InChI=1S/C19H19F3N2O5/c1-10-15(18(25)27-3)16(13(7-23)17(24)29-10)11-4-5-14(26-2)12(6-11)8-28-9-19(20,21)22/h4-6,16H,8-9,24H2,1-3H3/t16-/m1/s1. The Morgan fingerprint density at radius 2 is 2.03 bits per heavy atom. The first kappa shape index (κ1) is 22.1. The first-order valence-corrected chi connectivity index (χ1v) is 8.30. The highest BCUT2D eigenvalue weighted by Crippen LogP contribution is 2.40. The number of esters is 1. The summed E-state index contributed by atoms with van der Waals surface area (Å²) in [4.78, 5) is 12.3. The topological polar surface area (TPSA) is 104 Å². The zero-order chi connectivity index (χ0) is 21.8. The molecule has 0 unspecified atom stereocenters. The lowest BCUT2D eigenvalue weighted by molar-refractivity contribution is -0.176. The molecule has 0 aromatic heterocycles. The molecule has 0 bridgehead atoms. The van der Waals surface area contributed by atoms with E-state index in [2.05, 4.69) is 0 Å². The van der Waals surface area contributed by atoms with Crippen LogP contribution >= 0.6 is 0 Å². The van der Waals surface area contributed by atoms with E-state index < -0.39 is 31.3 Å². The number of nitrogens with two attached hydrogens (primary N) is 1. The maximum atomic E-state index is 12.4. The van der Waals surface area contributed by atoms with Gasteiger partial charge in [0.25, 0.3) is 0 Å². The molecule has 0 amide bonds. The molecule has 1 atom stereocenters. The van der Waals surface area contributed by atoms with E-state index in [-0.39, 0.29) is 22.8 Å². The summed E-state index contributed by atoms with van der Waals surface area (Å²) >= 11 is 0. The predicted molar refractivity (Wildman–Crippen MR) is 94.1 cm³/mol. The second-order valence-corrected chi connectivity index (χ2v) is 6.07. The number of carbonyl (C=O) groups excluding carboxylic acids is 1. The highest BCUT2D eigenvalue weighted by atomic mass is 19.4. The fraction of sp³-hybridized carbons (Fsp3) is 0.368. The maximum Gasteiger partial charge on any atom is 0.411 e. The molecule has 156 valence electrons. The van der Waals surface area contributed by atoms with E-state index in [0.29, 0.717) is 16.9 Å². The van der Waals surface area contributed by atoms with E-state index in [1.807, 2.05) is 6.07 Å². The number of nitriles is 1. The largest absolute Gasteiger partial charge is 0.496 e. The minimum absolute atomic E-state index is 0.0247. The number of halogens is 3. The molecule has 1 heterocycles. The molecule has 29 heavy (non-hydrogen) atoms. The van der Waals surface area contributed by atoms with Gasteiger partial charge in [0.05, 0.1) is 32.3 Å². The van der Waals surface area contributed by atoms with Crippen molar-refractivity contribution in [3.05, 3.63) is 52.1 Å². The van der Waals surface area contributed by atoms with Gasteiger partial charge in [-0.1, -0.05) is 6.07 Å². The van der Waals surface area contributed by atoms with Crippen molar-refractivity contribution in [3.8, 4) is 11.8 Å². The van der Waals surface area contributed by atoms with Crippen molar-refractivity contribution in [1.82, 2.24) is 0 Å². The van der Waals surface area contributed by atoms with Crippen molar-refractivity contribution in [2.24, 2.45) is 5.73 Å². The smallest absolute Gasteiger partial charge is 0.411 e. The lowest BCUT2D eigenvalue weighted by Gasteiger charge is -2.27. The van der Waals surface area contributed by atoms with E-state index in [0.717, 1.165) is 0 Å². The Morgan fingerprint density at radius 3 is 2.59 bits per heavy atom. The molecule has 0 radical (unpaired) electrons.